The van der Waals surface area contributed by atoms with Gasteiger partial charge in [-0.05, 0) is 54.4 Å². The van der Waals surface area contributed by atoms with Gasteiger partial charge in [0.1, 0.15) is 13.2 Å². The molecule has 0 bridgehead atoms. The molecule has 0 aliphatic carbocycles. The van der Waals surface area contributed by atoms with Crippen LogP contribution in [-0.2, 0) is 23.8 Å². The van der Waals surface area contributed by atoms with Crippen molar-refractivity contribution in [3.8, 4) is 0 Å². The molecule has 0 amide bonds. The minimum absolute atomic E-state index is 0.0412. The van der Waals surface area contributed by atoms with Crippen LogP contribution in [0.25, 0.3) is 0 Å². The molecular formula is C21H39NO5. The third kappa shape index (κ3) is 7.78. The monoisotopic (exact) mass is 385 g/mol. The molecule has 27 heavy (non-hydrogen) atoms. The molecule has 0 aromatic heterocycles. The van der Waals surface area contributed by atoms with Crippen molar-refractivity contribution in [2.24, 2.45) is 5.92 Å². The van der Waals surface area contributed by atoms with Crippen LogP contribution in [0.1, 0.15) is 74.7 Å². The Morgan fingerprint density at radius 2 is 1.52 bits per heavy atom. The molecule has 1 saturated heterocycles. The Balaban J connectivity index is 2.46. The zero-order valence-corrected chi connectivity index (χ0v) is 18.5. The first-order chi connectivity index (χ1) is 12.3. The lowest BCUT2D eigenvalue weighted by Gasteiger charge is -2.55. The summed E-state index contributed by atoms with van der Waals surface area (Å²) < 4.78 is 16.5. The van der Waals surface area contributed by atoms with E-state index in [9.17, 15) is 9.59 Å². The number of ether oxygens (including phenoxy) is 3. The van der Waals surface area contributed by atoms with E-state index < -0.39 is 0 Å². The molecule has 1 fully saturated rings. The maximum atomic E-state index is 11.9. The van der Waals surface area contributed by atoms with Crippen LogP contribution in [0.4, 0.5) is 0 Å². The van der Waals surface area contributed by atoms with Crippen LogP contribution < -0.4 is 0 Å². The highest BCUT2D eigenvalue weighted by molar-refractivity contribution is 5.73. The summed E-state index contributed by atoms with van der Waals surface area (Å²) in [4.78, 5) is 25.7. The molecule has 0 spiro atoms. The SMILES string of the molecule is CC(C)OC1CC(C)(C)N(CCOC(=O)CCOC(=O)C(C)C)C(C)(C)C1. The Morgan fingerprint density at radius 3 is 2.00 bits per heavy atom. The second-order valence-corrected chi connectivity index (χ2v) is 9.28. The van der Waals surface area contributed by atoms with E-state index in [1.807, 2.05) is 0 Å². The van der Waals surface area contributed by atoms with E-state index in [1.165, 1.54) is 0 Å². The number of esters is 2. The van der Waals surface area contributed by atoms with Crippen LogP contribution in [-0.4, -0.2) is 59.9 Å². The van der Waals surface area contributed by atoms with Gasteiger partial charge in [0.2, 0.25) is 0 Å². The summed E-state index contributed by atoms with van der Waals surface area (Å²) in [6, 6.07) is 0. The van der Waals surface area contributed by atoms with Gasteiger partial charge in [-0.25, -0.2) is 0 Å². The Morgan fingerprint density at radius 1 is 0.963 bits per heavy atom. The average molecular weight is 386 g/mol. The number of carbonyl (C=O) groups excluding carboxylic acids is 2. The first kappa shape index (κ1) is 23.9. The summed E-state index contributed by atoms with van der Waals surface area (Å²) in [5, 5.41) is 0. The largest absolute Gasteiger partial charge is 0.465 e. The molecule has 1 rings (SSSR count). The van der Waals surface area contributed by atoms with Crippen molar-refractivity contribution >= 4 is 11.9 Å². The quantitative estimate of drug-likeness (QED) is 0.566. The van der Waals surface area contributed by atoms with Gasteiger partial charge >= 0.3 is 11.9 Å². The number of piperidine rings is 1. The lowest BCUT2D eigenvalue weighted by atomic mass is 9.78. The molecule has 1 heterocycles. The van der Waals surface area contributed by atoms with Gasteiger partial charge in [-0.1, -0.05) is 13.8 Å². The highest BCUT2D eigenvalue weighted by Crippen LogP contribution is 2.39. The molecule has 0 aromatic rings. The number of hydrogen-bond acceptors (Lipinski definition) is 6. The maximum absolute atomic E-state index is 11.9. The van der Waals surface area contributed by atoms with E-state index in [0.717, 1.165) is 12.8 Å². The van der Waals surface area contributed by atoms with Crippen molar-refractivity contribution in [2.45, 2.75) is 97.9 Å². The fraction of sp³-hybridized carbons (Fsp3) is 0.905. The third-order valence-corrected chi connectivity index (χ3v) is 4.98. The number of hydrogen-bond donors (Lipinski definition) is 0. The van der Waals surface area contributed by atoms with Gasteiger partial charge < -0.3 is 14.2 Å². The van der Waals surface area contributed by atoms with E-state index in [4.69, 9.17) is 14.2 Å². The summed E-state index contributed by atoms with van der Waals surface area (Å²) in [5.74, 6) is -0.814. The van der Waals surface area contributed by atoms with Crippen molar-refractivity contribution in [2.75, 3.05) is 19.8 Å². The van der Waals surface area contributed by atoms with E-state index in [1.54, 1.807) is 13.8 Å². The van der Waals surface area contributed by atoms with E-state index in [0.29, 0.717) is 13.2 Å². The van der Waals surface area contributed by atoms with Crippen LogP contribution >= 0.6 is 0 Å². The Labute approximate surface area is 164 Å². The van der Waals surface area contributed by atoms with Gasteiger partial charge in [-0.3, -0.25) is 14.5 Å². The minimum atomic E-state index is -0.333. The average Bonchev–Trinajstić information content (AvgIpc) is 2.47. The van der Waals surface area contributed by atoms with Crippen LogP contribution in [0.3, 0.4) is 0 Å². The van der Waals surface area contributed by atoms with Gasteiger partial charge in [0.05, 0.1) is 24.5 Å². The summed E-state index contributed by atoms with van der Waals surface area (Å²) in [6.45, 7) is 17.6. The van der Waals surface area contributed by atoms with Crippen LogP contribution in [0.15, 0.2) is 0 Å². The summed E-state index contributed by atoms with van der Waals surface area (Å²) in [5.41, 5.74) is -0.0823. The summed E-state index contributed by atoms with van der Waals surface area (Å²) in [7, 11) is 0. The van der Waals surface area contributed by atoms with Crippen molar-refractivity contribution < 1.29 is 23.8 Å². The standard InChI is InChI=1S/C21H39NO5/c1-15(2)19(24)26-11-9-18(23)25-12-10-22-20(5,6)13-17(27-16(3)4)14-21(22,7)8/h15-17H,9-14H2,1-8H3. The zero-order valence-electron chi connectivity index (χ0n) is 18.5. The van der Waals surface area contributed by atoms with Crippen LogP contribution in [0.5, 0.6) is 0 Å². The normalized spacial score (nSPS) is 20.1. The Kier molecular flexibility index (Phi) is 8.74. The van der Waals surface area contributed by atoms with Gasteiger partial charge in [0.25, 0.3) is 0 Å². The predicted octanol–water partition coefficient (Wildman–Crippen LogP) is 3.57. The van der Waals surface area contributed by atoms with Crippen LogP contribution in [0, 0.1) is 5.92 Å². The van der Waals surface area contributed by atoms with Crippen molar-refractivity contribution in [3.63, 3.8) is 0 Å². The number of nitrogens with zero attached hydrogens (tertiary/aromatic N) is 1. The lowest BCUT2D eigenvalue weighted by Crippen LogP contribution is -2.63. The lowest BCUT2D eigenvalue weighted by molar-refractivity contribution is -0.154. The topological polar surface area (TPSA) is 65.1 Å². The molecule has 0 N–H and O–H groups in total. The predicted molar refractivity (Wildman–Crippen MR) is 105 cm³/mol. The van der Waals surface area contributed by atoms with E-state index in [2.05, 4.69) is 46.4 Å². The minimum Gasteiger partial charge on any atom is -0.465 e. The third-order valence-electron chi connectivity index (χ3n) is 4.98. The second kappa shape index (κ2) is 9.87. The smallest absolute Gasteiger partial charge is 0.309 e. The first-order valence-electron chi connectivity index (χ1n) is 10.1. The van der Waals surface area contributed by atoms with Crippen molar-refractivity contribution in [1.29, 1.82) is 0 Å². The van der Waals surface area contributed by atoms with Gasteiger partial charge in [-0.15, -0.1) is 0 Å². The van der Waals surface area contributed by atoms with Crippen molar-refractivity contribution in [1.82, 2.24) is 4.90 Å². The highest BCUT2D eigenvalue weighted by Gasteiger charge is 2.45. The Hall–Kier alpha value is -1.14. The van der Waals surface area contributed by atoms with Gasteiger partial charge in [0.15, 0.2) is 0 Å². The molecular weight excluding hydrogens is 346 g/mol. The van der Waals surface area contributed by atoms with Crippen LogP contribution in [0.2, 0.25) is 0 Å². The molecule has 0 saturated carbocycles. The molecule has 6 nitrogen and oxygen atoms in total. The maximum Gasteiger partial charge on any atom is 0.309 e. The van der Waals surface area contributed by atoms with E-state index >= 15 is 0 Å². The zero-order chi connectivity index (χ0) is 20.8. The van der Waals surface area contributed by atoms with Gasteiger partial charge in [-0.2, -0.15) is 0 Å². The highest BCUT2D eigenvalue weighted by atomic mass is 16.5. The fourth-order valence-corrected chi connectivity index (χ4v) is 4.04. The molecule has 6 heteroatoms. The fourth-order valence-electron chi connectivity index (χ4n) is 4.04. The molecule has 0 aromatic carbocycles. The number of likely N-dealkylation sites (tertiary alicyclic amines) is 1. The molecule has 1 aliphatic rings. The molecule has 0 radical (unpaired) electrons. The van der Waals surface area contributed by atoms with E-state index in [-0.39, 0.29) is 54.2 Å². The van der Waals surface area contributed by atoms with Crippen molar-refractivity contribution in [3.05, 3.63) is 0 Å². The summed E-state index contributed by atoms with van der Waals surface area (Å²) in [6.07, 6.45) is 2.46. The molecule has 158 valence electrons. The molecule has 1 aliphatic heterocycles. The number of carbonyl (C=O) groups is 2. The first-order valence-corrected chi connectivity index (χ1v) is 10.1. The summed E-state index contributed by atoms with van der Waals surface area (Å²) >= 11 is 0. The van der Waals surface area contributed by atoms with Gasteiger partial charge in [0, 0.05) is 17.6 Å². The molecule has 0 unspecified atom stereocenters. The molecule has 0 atom stereocenters. The number of rotatable bonds is 9. The second-order valence-electron chi connectivity index (χ2n) is 9.28. The Bertz CT molecular complexity index is 481.